The number of nitrogen functional groups attached to an aromatic ring is 1. The van der Waals surface area contributed by atoms with Crippen molar-refractivity contribution in [2.45, 2.75) is 25.7 Å². The molecule has 2 N–H and O–H groups in total. The van der Waals surface area contributed by atoms with E-state index >= 15 is 0 Å². The van der Waals surface area contributed by atoms with Gasteiger partial charge >= 0.3 is 0 Å². The topological polar surface area (TPSA) is 72.6 Å². The summed E-state index contributed by atoms with van der Waals surface area (Å²) in [5, 5.41) is 0. The van der Waals surface area contributed by atoms with Crippen molar-refractivity contribution < 1.29 is 18.7 Å². The number of benzene rings is 2. The molecule has 5 nitrogen and oxygen atoms in total. The van der Waals surface area contributed by atoms with Crippen LogP contribution in [-0.4, -0.2) is 25.3 Å². The molecule has 0 aromatic heterocycles. The lowest BCUT2D eigenvalue weighted by atomic mass is 9.99. The van der Waals surface area contributed by atoms with Gasteiger partial charge in [-0.3, -0.25) is 9.59 Å². The van der Waals surface area contributed by atoms with E-state index in [1.165, 1.54) is 19.2 Å². The van der Waals surface area contributed by atoms with Gasteiger partial charge in [-0.25, -0.2) is 4.39 Å². The maximum absolute atomic E-state index is 13.7. The first-order chi connectivity index (χ1) is 12.5. The van der Waals surface area contributed by atoms with Gasteiger partial charge in [-0.2, -0.15) is 0 Å². The molecule has 0 bridgehead atoms. The number of amides is 1. The molecule has 144 valence electrons. The van der Waals surface area contributed by atoms with Crippen molar-refractivity contribution in [1.82, 2.24) is 0 Å². The number of nitrogens with zero attached hydrogens (tertiary/aromatic N) is 1. The van der Waals surface area contributed by atoms with E-state index in [9.17, 15) is 14.0 Å². The number of fused-ring (bicyclic) bond motifs is 1. The molecule has 1 aliphatic rings. The highest BCUT2D eigenvalue weighted by Gasteiger charge is 2.24. The minimum absolute atomic E-state index is 0. The van der Waals surface area contributed by atoms with Crippen LogP contribution in [0.2, 0.25) is 0 Å². The van der Waals surface area contributed by atoms with Crippen LogP contribution in [-0.2, 0) is 11.2 Å². The number of halogens is 2. The van der Waals surface area contributed by atoms with E-state index in [2.05, 4.69) is 0 Å². The van der Waals surface area contributed by atoms with E-state index in [1.807, 2.05) is 18.2 Å². The first-order valence-corrected chi connectivity index (χ1v) is 8.55. The monoisotopic (exact) mass is 392 g/mol. The summed E-state index contributed by atoms with van der Waals surface area (Å²) in [7, 11) is 1.36. The molecule has 0 unspecified atom stereocenters. The predicted molar refractivity (Wildman–Crippen MR) is 105 cm³/mol. The molecule has 0 atom stereocenters. The fourth-order valence-electron chi connectivity index (χ4n) is 3.25. The number of methoxy groups -OCH3 is 1. The molecule has 0 aliphatic carbocycles. The first-order valence-electron chi connectivity index (χ1n) is 8.55. The lowest BCUT2D eigenvalue weighted by Crippen LogP contribution is -2.35. The highest BCUT2D eigenvalue weighted by atomic mass is 35.5. The molecular weight excluding hydrogens is 371 g/mol. The average molecular weight is 393 g/mol. The molecule has 0 saturated carbocycles. The number of rotatable bonds is 5. The van der Waals surface area contributed by atoms with Crippen LogP contribution in [0.15, 0.2) is 36.4 Å². The Kier molecular flexibility index (Phi) is 6.80. The van der Waals surface area contributed by atoms with Crippen molar-refractivity contribution in [3.63, 3.8) is 0 Å². The Hall–Kier alpha value is -2.60. The summed E-state index contributed by atoms with van der Waals surface area (Å²) in [5.74, 6) is -0.908. The van der Waals surface area contributed by atoms with Gasteiger partial charge in [0, 0.05) is 36.3 Å². The quantitative estimate of drug-likeness (QED) is 0.620. The molecule has 2 aromatic carbocycles. The molecule has 1 heterocycles. The van der Waals surface area contributed by atoms with E-state index < -0.39 is 5.82 Å². The van der Waals surface area contributed by atoms with E-state index in [-0.39, 0.29) is 48.3 Å². The summed E-state index contributed by atoms with van der Waals surface area (Å²) in [6, 6.07) is 9.59. The summed E-state index contributed by atoms with van der Waals surface area (Å²) in [4.78, 5) is 26.6. The number of nitrogens with two attached hydrogens (primary N) is 1. The number of ketones is 1. The number of Topliss-reactive ketones (excluding diaryl/α,β-unsaturated/α-hetero) is 1. The Bertz CT molecular complexity index is 857. The van der Waals surface area contributed by atoms with Gasteiger partial charge in [0.25, 0.3) is 0 Å². The van der Waals surface area contributed by atoms with Gasteiger partial charge in [0.2, 0.25) is 5.91 Å². The van der Waals surface area contributed by atoms with Crippen LogP contribution in [0.3, 0.4) is 0 Å². The lowest BCUT2D eigenvalue weighted by molar-refractivity contribution is -0.118. The van der Waals surface area contributed by atoms with Crippen molar-refractivity contribution in [2.24, 2.45) is 0 Å². The Morgan fingerprint density at radius 2 is 2.00 bits per heavy atom. The standard InChI is InChI=1S/C20H21FN2O3.ClH/c1-26-19-9-7-13(12-15(19)21)18(24)8-10-20(25)23-11-3-4-14-16(22)5-2-6-17(14)23;/h2,5-7,9,12H,3-4,8,10-11,22H2,1H3;1H. The van der Waals surface area contributed by atoms with Gasteiger partial charge < -0.3 is 15.4 Å². The third-order valence-corrected chi connectivity index (χ3v) is 4.63. The summed E-state index contributed by atoms with van der Waals surface area (Å²) < 4.78 is 18.6. The van der Waals surface area contributed by atoms with Gasteiger partial charge in [-0.05, 0) is 48.7 Å². The van der Waals surface area contributed by atoms with Gasteiger partial charge in [0.05, 0.1) is 7.11 Å². The van der Waals surface area contributed by atoms with E-state index in [4.69, 9.17) is 10.5 Å². The van der Waals surface area contributed by atoms with Crippen molar-refractivity contribution in [1.29, 1.82) is 0 Å². The Labute approximate surface area is 163 Å². The first kappa shape index (κ1) is 20.7. The van der Waals surface area contributed by atoms with Gasteiger partial charge in [-0.1, -0.05) is 6.07 Å². The molecule has 0 radical (unpaired) electrons. The van der Waals surface area contributed by atoms with Crippen LogP contribution < -0.4 is 15.4 Å². The fraction of sp³-hybridized carbons (Fsp3) is 0.300. The van der Waals surface area contributed by atoms with E-state index in [0.29, 0.717) is 12.2 Å². The molecule has 2 aromatic rings. The van der Waals surface area contributed by atoms with E-state index in [0.717, 1.165) is 30.2 Å². The molecule has 27 heavy (non-hydrogen) atoms. The Morgan fingerprint density at radius 1 is 1.22 bits per heavy atom. The number of carbonyl (C=O) groups is 2. The number of hydrogen-bond acceptors (Lipinski definition) is 4. The molecule has 1 aliphatic heterocycles. The van der Waals surface area contributed by atoms with Gasteiger partial charge in [-0.15, -0.1) is 12.4 Å². The summed E-state index contributed by atoms with van der Waals surface area (Å²) >= 11 is 0. The second kappa shape index (κ2) is 8.86. The number of hydrogen-bond donors (Lipinski definition) is 1. The van der Waals surface area contributed by atoms with Gasteiger partial charge in [0.15, 0.2) is 17.3 Å². The lowest BCUT2D eigenvalue weighted by Gasteiger charge is -2.30. The van der Waals surface area contributed by atoms with Crippen molar-refractivity contribution in [3.8, 4) is 5.75 Å². The minimum Gasteiger partial charge on any atom is -0.494 e. The molecule has 3 rings (SSSR count). The van der Waals surface area contributed by atoms with Crippen molar-refractivity contribution in [3.05, 3.63) is 53.3 Å². The second-order valence-electron chi connectivity index (χ2n) is 6.27. The SMILES string of the molecule is COc1ccc(C(=O)CCC(=O)N2CCCc3c(N)cccc32)cc1F.Cl. The smallest absolute Gasteiger partial charge is 0.227 e. The van der Waals surface area contributed by atoms with Crippen molar-refractivity contribution >= 4 is 35.5 Å². The third kappa shape index (κ3) is 4.39. The number of anilines is 2. The van der Waals surface area contributed by atoms with Crippen molar-refractivity contribution in [2.75, 3.05) is 24.3 Å². The summed E-state index contributed by atoms with van der Waals surface area (Å²) in [5.41, 5.74) is 8.73. The average Bonchev–Trinajstić information content (AvgIpc) is 2.65. The second-order valence-corrected chi connectivity index (χ2v) is 6.27. The fourth-order valence-corrected chi connectivity index (χ4v) is 3.25. The Morgan fingerprint density at radius 3 is 2.70 bits per heavy atom. The molecular formula is C20H22ClFN2O3. The normalized spacial score (nSPS) is 12.7. The minimum atomic E-state index is -0.592. The summed E-state index contributed by atoms with van der Waals surface area (Å²) in [6.45, 7) is 0.612. The molecule has 0 spiro atoms. The molecule has 0 fully saturated rings. The maximum Gasteiger partial charge on any atom is 0.227 e. The van der Waals surface area contributed by atoms with Crippen LogP contribution in [0, 0.1) is 5.82 Å². The number of carbonyl (C=O) groups excluding carboxylic acids is 2. The van der Waals surface area contributed by atoms with Crippen LogP contribution in [0.1, 0.15) is 35.2 Å². The van der Waals surface area contributed by atoms with Crippen LogP contribution in [0.25, 0.3) is 0 Å². The molecule has 0 saturated heterocycles. The highest BCUT2D eigenvalue weighted by Crippen LogP contribution is 2.31. The van der Waals surface area contributed by atoms with Crippen LogP contribution in [0.5, 0.6) is 5.75 Å². The van der Waals surface area contributed by atoms with Gasteiger partial charge in [0.1, 0.15) is 0 Å². The largest absolute Gasteiger partial charge is 0.494 e. The Balaban J connectivity index is 0.00000261. The molecule has 1 amide bonds. The predicted octanol–water partition coefficient (Wildman–Crippen LogP) is 3.78. The zero-order chi connectivity index (χ0) is 18.7. The molecule has 7 heteroatoms. The van der Waals surface area contributed by atoms with Crippen LogP contribution >= 0.6 is 12.4 Å². The summed E-state index contributed by atoms with van der Waals surface area (Å²) in [6.07, 6.45) is 1.78. The third-order valence-electron chi connectivity index (χ3n) is 4.63. The highest BCUT2D eigenvalue weighted by molar-refractivity contribution is 6.01. The van der Waals surface area contributed by atoms with E-state index in [1.54, 1.807) is 4.90 Å². The zero-order valence-corrected chi connectivity index (χ0v) is 15.9. The zero-order valence-electron chi connectivity index (χ0n) is 15.0. The van der Waals surface area contributed by atoms with Crippen LogP contribution in [0.4, 0.5) is 15.8 Å². The maximum atomic E-state index is 13.7. The number of ether oxygens (including phenoxy) is 1.